The van der Waals surface area contributed by atoms with E-state index in [0.29, 0.717) is 17.1 Å². The van der Waals surface area contributed by atoms with Crippen LogP contribution in [-0.4, -0.2) is 9.97 Å². The third kappa shape index (κ3) is 2.79. The van der Waals surface area contributed by atoms with Gasteiger partial charge in [-0.2, -0.15) is 10.2 Å². The molecule has 2 rings (SSSR count). The van der Waals surface area contributed by atoms with Crippen LogP contribution in [0.5, 0.6) is 11.8 Å². The lowest BCUT2D eigenvalue weighted by Gasteiger charge is -2.05. The summed E-state index contributed by atoms with van der Waals surface area (Å²) >= 11 is 0. The number of benzene rings is 1. The summed E-state index contributed by atoms with van der Waals surface area (Å²) in [4.78, 5) is 8.10. The summed E-state index contributed by atoms with van der Waals surface area (Å²) < 4.78 is 5.51. The number of ether oxygens (including phenoxy) is 1. The molecule has 0 fully saturated rings. The first-order chi connectivity index (χ1) is 8.17. The van der Waals surface area contributed by atoms with Crippen molar-refractivity contribution in [1.29, 1.82) is 5.26 Å². The Kier molecular flexibility index (Phi) is 3.01. The van der Waals surface area contributed by atoms with Crippen molar-refractivity contribution in [3.63, 3.8) is 0 Å². The normalized spacial score (nSPS) is 9.71. The van der Waals surface area contributed by atoms with Crippen LogP contribution in [0.25, 0.3) is 0 Å². The predicted octanol–water partition coefficient (Wildman–Crippen LogP) is 2.76. The number of rotatable bonds is 2. The van der Waals surface area contributed by atoms with Gasteiger partial charge in [-0.3, -0.25) is 0 Å². The molecule has 0 aliphatic rings. The second kappa shape index (κ2) is 4.62. The average Bonchev–Trinajstić information content (AvgIpc) is 2.28. The fourth-order valence-electron chi connectivity index (χ4n) is 1.43. The maximum Gasteiger partial charge on any atom is 0.323 e. The smallest absolute Gasteiger partial charge is 0.323 e. The Bertz CT molecular complexity index is 587. The van der Waals surface area contributed by atoms with Crippen molar-refractivity contribution in [2.45, 2.75) is 13.8 Å². The van der Waals surface area contributed by atoms with Crippen molar-refractivity contribution in [2.24, 2.45) is 0 Å². The summed E-state index contributed by atoms with van der Waals surface area (Å²) in [6, 6.07) is 11.4. The molecule has 2 aromatic rings. The molecule has 0 radical (unpaired) electrons. The molecule has 4 nitrogen and oxygen atoms in total. The molecule has 0 N–H and O–H groups in total. The number of aromatic nitrogens is 2. The minimum absolute atomic E-state index is 0.201. The van der Waals surface area contributed by atoms with Gasteiger partial charge in [0.15, 0.2) is 0 Å². The van der Waals surface area contributed by atoms with Crippen LogP contribution in [0.1, 0.15) is 17.0 Å². The summed E-state index contributed by atoms with van der Waals surface area (Å²) in [5.74, 6) is 0.666. The molecular weight excluding hydrogens is 214 g/mol. The fraction of sp³-hybridized carbons (Fsp3) is 0.154. The lowest BCUT2D eigenvalue weighted by atomic mass is 10.2. The molecule has 0 aliphatic heterocycles. The lowest BCUT2D eigenvalue weighted by molar-refractivity contribution is 0.439. The van der Waals surface area contributed by atoms with Gasteiger partial charge in [0.25, 0.3) is 0 Å². The van der Waals surface area contributed by atoms with E-state index in [-0.39, 0.29) is 6.01 Å². The molecular formula is C13H11N3O. The summed E-state index contributed by atoms with van der Waals surface area (Å²) in [5, 5.41) is 8.80. The maximum atomic E-state index is 8.80. The molecule has 4 heteroatoms. The van der Waals surface area contributed by atoms with E-state index in [2.05, 4.69) is 9.97 Å². The van der Waals surface area contributed by atoms with Crippen molar-refractivity contribution in [3.8, 4) is 17.8 Å². The van der Waals surface area contributed by atoms with E-state index in [0.717, 1.165) is 5.56 Å². The highest BCUT2D eigenvalue weighted by Gasteiger charge is 2.04. The van der Waals surface area contributed by atoms with Crippen molar-refractivity contribution >= 4 is 0 Å². The van der Waals surface area contributed by atoms with Gasteiger partial charge >= 0.3 is 6.01 Å². The number of hydrogen-bond acceptors (Lipinski definition) is 4. The molecule has 0 unspecified atom stereocenters. The Hall–Kier alpha value is -2.41. The molecule has 0 saturated carbocycles. The highest BCUT2D eigenvalue weighted by atomic mass is 16.5. The van der Waals surface area contributed by atoms with Gasteiger partial charge in [0.1, 0.15) is 17.5 Å². The highest BCUT2D eigenvalue weighted by Crippen LogP contribution is 2.19. The van der Waals surface area contributed by atoms with Crippen LogP contribution in [0.15, 0.2) is 30.3 Å². The molecule has 84 valence electrons. The van der Waals surface area contributed by atoms with Crippen molar-refractivity contribution in [3.05, 3.63) is 47.3 Å². The number of hydrogen-bond donors (Lipinski definition) is 0. The van der Waals surface area contributed by atoms with Crippen molar-refractivity contribution < 1.29 is 4.74 Å². The van der Waals surface area contributed by atoms with E-state index >= 15 is 0 Å². The molecule has 0 atom stereocenters. The monoisotopic (exact) mass is 225 g/mol. The van der Waals surface area contributed by atoms with Crippen LogP contribution in [0.3, 0.4) is 0 Å². The van der Waals surface area contributed by atoms with Crippen molar-refractivity contribution in [1.82, 2.24) is 9.97 Å². The van der Waals surface area contributed by atoms with Gasteiger partial charge in [0.2, 0.25) is 0 Å². The first-order valence-corrected chi connectivity index (χ1v) is 5.17. The molecule has 1 aromatic carbocycles. The van der Waals surface area contributed by atoms with Crippen LogP contribution >= 0.6 is 0 Å². The van der Waals surface area contributed by atoms with E-state index < -0.39 is 0 Å². The Morgan fingerprint density at radius 3 is 2.71 bits per heavy atom. The molecule has 0 amide bonds. The van der Waals surface area contributed by atoms with Gasteiger partial charge in [-0.25, -0.2) is 4.98 Å². The zero-order valence-corrected chi connectivity index (χ0v) is 9.64. The van der Waals surface area contributed by atoms with Gasteiger partial charge in [-0.1, -0.05) is 12.1 Å². The average molecular weight is 225 g/mol. The fourth-order valence-corrected chi connectivity index (χ4v) is 1.43. The van der Waals surface area contributed by atoms with E-state index in [9.17, 15) is 0 Å². The zero-order valence-electron chi connectivity index (χ0n) is 9.64. The van der Waals surface area contributed by atoms with Crippen LogP contribution in [0.2, 0.25) is 0 Å². The second-order valence-corrected chi connectivity index (χ2v) is 3.71. The minimum atomic E-state index is 0.201. The number of aryl methyl sites for hydroxylation is 2. The van der Waals surface area contributed by atoms with Crippen molar-refractivity contribution in [2.75, 3.05) is 0 Å². The Labute approximate surface area is 99.5 Å². The standard InChI is InChI=1S/C13H11N3O/c1-9-4-3-5-12(6-9)17-13-15-10(2)7-11(8-14)16-13/h3-7H,1-2H3. The molecule has 17 heavy (non-hydrogen) atoms. The summed E-state index contributed by atoms with van der Waals surface area (Å²) in [6.07, 6.45) is 0. The highest BCUT2D eigenvalue weighted by molar-refractivity contribution is 5.31. The van der Waals surface area contributed by atoms with Crippen LogP contribution in [0, 0.1) is 25.2 Å². The lowest BCUT2D eigenvalue weighted by Crippen LogP contribution is -1.96. The quantitative estimate of drug-likeness (QED) is 0.788. The Morgan fingerprint density at radius 1 is 1.18 bits per heavy atom. The van der Waals surface area contributed by atoms with E-state index in [1.165, 1.54) is 0 Å². The SMILES string of the molecule is Cc1cccc(Oc2nc(C)cc(C#N)n2)c1. The first kappa shape index (κ1) is 11.1. The summed E-state index contributed by atoms with van der Waals surface area (Å²) in [7, 11) is 0. The van der Waals surface area contributed by atoms with Crippen LogP contribution < -0.4 is 4.74 Å². The largest absolute Gasteiger partial charge is 0.424 e. The predicted molar refractivity (Wildman–Crippen MR) is 62.7 cm³/mol. The summed E-state index contributed by atoms with van der Waals surface area (Å²) in [5.41, 5.74) is 2.11. The second-order valence-electron chi connectivity index (χ2n) is 3.71. The molecule has 0 bridgehead atoms. The van der Waals surface area contributed by atoms with Gasteiger partial charge < -0.3 is 4.74 Å². The van der Waals surface area contributed by atoms with E-state index in [1.54, 1.807) is 13.0 Å². The molecule has 1 aromatic heterocycles. The van der Waals surface area contributed by atoms with Crippen LogP contribution in [-0.2, 0) is 0 Å². The third-order valence-corrected chi connectivity index (χ3v) is 2.15. The summed E-state index contributed by atoms with van der Waals surface area (Å²) in [6.45, 7) is 3.77. The third-order valence-electron chi connectivity index (χ3n) is 2.15. The van der Waals surface area contributed by atoms with Crippen LogP contribution in [0.4, 0.5) is 0 Å². The first-order valence-electron chi connectivity index (χ1n) is 5.17. The maximum absolute atomic E-state index is 8.80. The van der Waals surface area contributed by atoms with E-state index in [4.69, 9.17) is 10.00 Å². The molecule has 0 spiro atoms. The molecule has 0 aliphatic carbocycles. The number of nitrogens with zero attached hydrogens (tertiary/aromatic N) is 3. The Balaban J connectivity index is 2.30. The van der Waals surface area contributed by atoms with E-state index in [1.807, 2.05) is 37.3 Å². The Morgan fingerprint density at radius 2 is 2.00 bits per heavy atom. The molecule has 1 heterocycles. The zero-order chi connectivity index (χ0) is 12.3. The number of nitriles is 1. The topological polar surface area (TPSA) is 58.8 Å². The van der Waals surface area contributed by atoms with Gasteiger partial charge in [0, 0.05) is 5.69 Å². The van der Waals surface area contributed by atoms with Gasteiger partial charge in [0.05, 0.1) is 0 Å². The minimum Gasteiger partial charge on any atom is -0.424 e. The van der Waals surface area contributed by atoms with Gasteiger partial charge in [-0.05, 0) is 37.6 Å². The van der Waals surface area contributed by atoms with Gasteiger partial charge in [-0.15, -0.1) is 0 Å². The molecule has 0 saturated heterocycles.